The Morgan fingerprint density at radius 2 is 1.88 bits per heavy atom. The number of rotatable bonds is 4. The van der Waals surface area contributed by atoms with E-state index in [1.807, 2.05) is 0 Å². The van der Waals surface area contributed by atoms with E-state index in [2.05, 4.69) is 5.16 Å². The summed E-state index contributed by atoms with van der Waals surface area (Å²) in [5.74, 6) is -0.365. The standard InChI is InChI=1S/C19H21FN2O4/c1-12-17(13(2)26-21-12)11-25-19(24)15-7-9-22(10-8-15)18(23)14-3-5-16(20)6-4-14/h3-6,15H,7-11H2,1-2H3. The zero-order valence-corrected chi connectivity index (χ0v) is 14.8. The Bertz CT molecular complexity index is 773. The number of carbonyl (C=O) groups is 2. The molecule has 2 heterocycles. The van der Waals surface area contributed by atoms with Crippen LogP contribution < -0.4 is 0 Å². The van der Waals surface area contributed by atoms with E-state index >= 15 is 0 Å². The Labute approximate surface area is 150 Å². The normalized spacial score (nSPS) is 15.1. The number of hydrogen-bond acceptors (Lipinski definition) is 5. The molecule has 0 saturated carbocycles. The van der Waals surface area contributed by atoms with E-state index in [-0.39, 0.29) is 30.2 Å². The number of halogens is 1. The molecular weight excluding hydrogens is 339 g/mol. The van der Waals surface area contributed by atoms with Crippen LogP contribution in [0.3, 0.4) is 0 Å². The first-order chi connectivity index (χ1) is 12.5. The first-order valence-corrected chi connectivity index (χ1v) is 8.59. The summed E-state index contributed by atoms with van der Waals surface area (Å²) >= 11 is 0. The lowest BCUT2D eigenvalue weighted by molar-refractivity contribution is -0.151. The van der Waals surface area contributed by atoms with E-state index in [1.54, 1.807) is 18.7 Å². The van der Waals surface area contributed by atoms with Crippen LogP contribution in [0.15, 0.2) is 28.8 Å². The lowest BCUT2D eigenvalue weighted by Gasteiger charge is -2.31. The fourth-order valence-electron chi connectivity index (χ4n) is 3.06. The van der Waals surface area contributed by atoms with Crippen LogP contribution in [-0.4, -0.2) is 35.0 Å². The summed E-state index contributed by atoms with van der Waals surface area (Å²) in [5, 5.41) is 3.84. The van der Waals surface area contributed by atoms with Gasteiger partial charge in [0.15, 0.2) is 0 Å². The molecule has 1 aliphatic heterocycles. The monoisotopic (exact) mass is 360 g/mol. The molecule has 1 saturated heterocycles. The Kier molecular flexibility index (Phi) is 5.35. The smallest absolute Gasteiger partial charge is 0.309 e. The van der Waals surface area contributed by atoms with Crippen LogP contribution in [0.1, 0.15) is 40.2 Å². The molecule has 0 aliphatic carbocycles. The summed E-state index contributed by atoms with van der Waals surface area (Å²) in [6, 6.07) is 5.49. The summed E-state index contributed by atoms with van der Waals surface area (Å²) < 4.78 is 23.4. The van der Waals surface area contributed by atoms with Crippen molar-refractivity contribution in [1.29, 1.82) is 0 Å². The highest BCUT2D eigenvalue weighted by atomic mass is 19.1. The molecule has 6 nitrogen and oxygen atoms in total. The molecule has 7 heteroatoms. The zero-order chi connectivity index (χ0) is 18.7. The minimum atomic E-state index is -0.374. The van der Waals surface area contributed by atoms with Gasteiger partial charge in [-0.25, -0.2) is 4.39 Å². The third-order valence-corrected chi connectivity index (χ3v) is 4.75. The highest BCUT2D eigenvalue weighted by molar-refractivity contribution is 5.94. The number of benzene rings is 1. The fraction of sp³-hybridized carbons (Fsp3) is 0.421. The number of nitrogens with zero attached hydrogens (tertiary/aromatic N) is 2. The molecule has 0 N–H and O–H groups in total. The maximum absolute atomic E-state index is 13.0. The quantitative estimate of drug-likeness (QED) is 0.784. The largest absolute Gasteiger partial charge is 0.460 e. The first kappa shape index (κ1) is 18.1. The second-order valence-electron chi connectivity index (χ2n) is 6.48. The summed E-state index contributed by atoms with van der Waals surface area (Å²) in [6.07, 6.45) is 1.10. The predicted molar refractivity (Wildman–Crippen MR) is 90.8 cm³/mol. The van der Waals surface area contributed by atoms with Crippen LogP contribution in [0.25, 0.3) is 0 Å². The van der Waals surface area contributed by atoms with Crippen LogP contribution in [-0.2, 0) is 16.1 Å². The number of aryl methyl sites for hydroxylation is 2. The highest BCUT2D eigenvalue weighted by Crippen LogP contribution is 2.22. The van der Waals surface area contributed by atoms with Crippen LogP contribution in [0.5, 0.6) is 0 Å². The minimum absolute atomic E-state index is 0.146. The van der Waals surface area contributed by atoms with E-state index in [0.29, 0.717) is 37.3 Å². The predicted octanol–water partition coefficient (Wildman–Crippen LogP) is 3.03. The van der Waals surface area contributed by atoms with E-state index in [9.17, 15) is 14.0 Å². The topological polar surface area (TPSA) is 72.6 Å². The third kappa shape index (κ3) is 3.92. The number of likely N-dealkylation sites (tertiary alicyclic amines) is 1. The Morgan fingerprint density at radius 1 is 1.23 bits per heavy atom. The second kappa shape index (κ2) is 7.68. The van der Waals surface area contributed by atoms with Crippen molar-refractivity contribution in [3.63, 3.8) is 0 Å². The lowest BCUT2D eigenvalue weighted by atomic mass is 9.96. The van der Waals surface area contributed by atoms with E-state index in [4.69, 9.17) is 9.26 Å². The number of aromatic nitrogens is 1. The molecule has 138 valence electrons. The molecule has 0 spiro atoms. The van der Waals surface area contributed by atoms with Crippen molar-refractivity contribution < 1.29 is 23.2 Å². The number of hydrogen-bond donors (Lipinski definition) is 0. The number of ether oxygens (including phenoxy) is 1. The third-order valence-electron chi connectivity index (χ3n) is 4.75. The number of piperidine rings is 1. The summed E-state index contributed by atoms with van der Waals surface area (Å²) in [4.78, 5) is 26.4. The van der Waals surface area contributed by atoms with Gasteiger partial charge in [-0.15, -0.1) is 0 Å². The van der Waals surface area contributed by atoms with Crippen molar-refractivity contribution in [2.75, 3.05) is 13.1 Å². The van der Waals surface area contributed by atoms with Gasteiger partial charge in [0, 0.05) is 18.7 Å². The van der Waals surface area contributed by atoms with Gasteiger partial charge in [0.1, 0.15) is 18.2 Å². The molecule has 1 amide bonds. The fourth-order valence-corrected chi connectivity index (χ4v) is 3.06. The number of amides is 1. The molecule has 0 unspecified atom stereocenters. The van der Waals surface area contributed by atoms with Gasteiger partial charge in [0.25, 0.3) is 5.91 Å². The summed E-state index contributed by atoms with van der Waals surface area (Å²) in [7, 11) is 0. The molecule has 1 fully saturated rings. The number of carbonyl (C=O) groups excluding carboxylic acids is 2. The average Bonchev–Trinajstić information content (AvgIpc) is 2.98. The van der Waals surface area contributed by atoms with Gasteiger partial charge in [-0.05, 0) is 51.0 Å². The maximum Gasteiger partial charge on any atom is 0.309 e. The highest BCUT2D eigenvalue weighted by Gasteiger charge is 2.29. The van der Waals surface area contributed by atoms with Gasteiger partial charge in [0.05, 0.1) is 17.2 Å². The van der Waals surface area contributed by atoms with Crippen molar-refractivity contribution in [2.45, 2.75) is 33.3 Å². The first-order valence-electron chi connectivity index (χ1n) is 8.59. The SMILES string of the molecule is Cc1noc(C)c1COC(=O)C1CCN(C(=O)c2ccc(F)cc2)CC1. The molecule has 0 radical (unpaired) electrons. The van der Waals surface area contributed by atoms with Gasteiger partial charge < -0.3 is 14.2 Å². The van der Waals surface area contributed by atoms with Crippen LogP contribution in [0.4, 0.5) is 4.39 Å². The van der Waals surface area contributed by atoms with Crippen molar-refractivity contribution in [2.24, 2.45) is 5.92 Å². The van der Waals surface area contributed by atoms with Gasteiger partial charge in [0.2, 0.25) is 0 Å². The second-order valence-corrected chi connectivity index (χ2v) is 6.48. The van der Waals surface area contributed by atoms with Crippen LogP contribution in [0, 0.1) is 25.6 Å². The molecule has 1 aliphatic rings. The van der Waals surface area contributed by atoms with E-state index < -0.39 is 0 Å². The molecule has 3 rings (SSSR count). The summed E-state index contributed by atoms with van der Waals surface area (Å²) in [5.41, 5.74) is 1.96. The van der Waals surface area contributed by atoms with Gasteiger partial charge in [-0.3, -0.25) is 9.59 Å². The molecule has 2 aromatic rings. The Morgan fingerprint density at radius 3 is 2.46 bits per heavy atom. The minimum Gasteiger partial charge on any atom is -0.460 e. The lowest BCUT2D eigenvalue weighted by Crippen LogP contribution is -2.40. The van der Waals surface area contributed by atoms with E-state index in [1.165, 1.54) is 24.3 Å². The Hall–Kier alpha value is -2.70. The Balaban J connectivity index is 1.50. The molecule has 1 aromatic carbocycles. The van der Waals surface area contributed by atoms with Gasteiger partial charge >= 0.3 is 5.97 Å². The van der Waals surface area contributed by atoms with E-state index in [0.717, 1.165) is 11.3 Å². The van der Waals surface area contributed by atoms with Crippen molar-refractivity contribution in [3.05, 3.63) is 52.7 Å². The average molecular weight is 360 g/mol. The maximum atomic E-state index is 13.0. The molecular formula is C19H21FN2O4. The summed E-state index contributed by atoms with van der Waals surface area (Å²) in [6.45, 7) is 4.68. The molecule has 0 atom stereocenters. The molecule has 26 heavy (non-hydrogen) atoms. The van der Waals surface area contributed by atoms with Crippen LogP contribution >= 0.6 is 0 Å². The van der Waals surface area contributed by atoms with Crippen molar-refractivity contribution >= 4 is 11.9 Å². The van der Waals surface area contributed by atoms with Crippen molar-refractivity contribution in [3.8, 4) is 0 Å². The van der Waals surface area contributed by atoms with Crippen LogP contribution in [0.2, 0.25) is 0 Å². The van der Waals surface area contributed by atoms with Crippen molar-refractivity contribution in [1.82, 2.24) is 10.1 Å². The zero-order valence-electron chi connectivity index (χ0n) is 14.8. The van der Waals surface area contributed by atoms with Gasteiger partial charge in [-0.1, -0.05) is 5.16 Å². The number of esters is 1. The molecule has 1 aromatic heterocycles. The van der Waals surface area contributed by atoms with Gasteiger partial charge in [-0.2, -0.15) is 0 Å². The molecule has 0 bridgehead atoms.